The number of esters is 1. The number of methoxy groups -OCH3 is 1. The smallest absolute Gasteiger partial charge is 0.325 e. The van der Waals surface area contributed by atoms with Crippen LogP contribution in [0.25, 0.3) is 0 Å². The number of rotatable bonds is 4. The van der Waals surface area contributed by atoms with E-state index < -0.39 is 17.7 Å². The summed E-state index contributed by atoms with van der Waals surface area (Å²) in [4.78, 5) is 28.3. The highest BCUT2D eigenvalue weighted by molar-refractivity contribution is 6.32. The molecule has 1 heterocycles. The van der Waals surface area contributed by atoms with Crippen LogP contribution in [0.1, 0.15) is 24.2 Å². The summed E-state index contributed by atoms with van der Waals surface area (Å²) in [7, 11) is 1.22. The van der Waals surface area contributed by atoms with E-state index in [2.05, 4.69) is 9.72 Å². The maximum atomic E-state index is 13.1. The summed E-state index contributed by atoms with van der Waals surface area (Å²) >= 11 is 5.77. The quantitative estimate of drug-likeness (QED) is 0.627. The van der Waals surface area contributed by atoms with Gasteiger partial charge in [0.2, 0.25) is 0 Å². The normalized spacial score (nSPS) is 10.4. The number of nitrogens with zero attached hydrogens (tertiary/aromatic N) is 2. The van der Waals surface area contributed by atoms with Crippen molar-refractivity contribution in [3.63, 3.8) is 0 Å². The van der Waals surface area contributed by atoms with Gasteiger partial charge in [-0.05, 0) is 19.9 Å². The molecule has 0 saturated carbocycles. The number of hydrogen-bond acceptors (Lipinski definition) is 4. The van der Waals surface area contributed by atoms with E-state index in [0.29, 0.717) is 0 Å². The fourth-order valence-corrected chi connectivity index (χ4v) is 1.60. The topological polar surface area (TPSA) is 59.5 Å². The van der Waals surface area contributed by atoms with E-state index in [9.17, 15) is 14.0 Å². The highest BCUT2D eigenvalue weighted by Crippen LogP contribution is 2.17. The summed E-state index contributed by atoms with van der Waals surface area (Å²) in [5.74, 6) is -1.81. The summed E-state index contributed by atoms with van der Waals surface area (Å²) in [6, 6.07) is 0.718. The average molecular weight is 289 g/mol. The first-order valence-electron chi connectivity index (χ1n) is 5.55. The highest BCUT2D eigenvalue weighted by atomic mass is 35.5. The Hall–Kier alpha value is -1.69. The van der Waals surface area contributed by atoms with E-state index in [1.165, 1.54) is 12.0 Å². The lowest BCUT2D eigenvalue weighted by Gasteiger charge is -2.25. The fraction of sp³-hybridized carbons (Fsp3) is 0.417. The molecule has 0 aliphatic carbocycles. The molecule has 0 N–H and O–H groups in total. The zero-order chi connectivity index (χ0) is 14.6. The van der Waals surface area contributed by atoms with E-state index >= 15 is 0 Å². The van der Waals surface area contributed by atoms with Crippen LogP contribution in [0.3, 0.4) is 0 Å². The van der Waals surface area contributed by atoms with Crippen molar-refractivity contribution in [3.05, 3.63) is 28.8 Å². The highest BCUT2D eigenvalue weighted by Gasteiger charge is 2.24. The van der Waals surface area contributed by atoms with Gasteiger partial charge in [-0.2, -0.15) is 0 Å². The monoisotopic (exact) mass is 288 g/mol. The zero-order valence-corrected chi connectivity index (χ0v) is 11.6. The van der Waals surface area contributed by atoms with Crippen LogP contribution >= 0.6 is 11.6 Å². The number of aromatic nitrogens is 1. The molecule has 1 amide bonds. The van der Waals surface area contributed by atoms with Gasteiger partial charge in [0.15, 0.2) is 0 Å². The zero-order valence-electron chi connectivity index (χ0n) is 10.8. The second-order valence-electron chi connectivity index (χ2n) is 4.09. The molecule has 19 heavy (non-hydrogen) atoms. The molecule has 1 rings (SSSR count). The standard InChI is InChI=1S/C12H14ClFN2O3/c1-7(2)16(6-10(17)19-3)12(18)9-4-8(14)5-15-11(9)13/h4-5,7H,6H2,1-3H3. The van der Waals surface area contributed by atoms with Crippen LogP contribution in [0.4, 0.5) is 4.39 Å². The Bertz CT molecular complexity index is 494. The molecule has 7 heteroatoms. The second kappa shape index (κ2) is 6.47. The van der Waals surface area contributed by atoms with E-state index in [-0.39, 0.29) is 23.3 Å². The molecule has 0 saturated heterocycles. The Balaban J connectivity index is 3.05. The molecule has 0 aliphatic heterocycles. The average Bonchev–Trinajstić information content (AvgIpc) is 2.37. The SMILES string of the molecule is COC(=O)CN(C(=O)c1cc(F)cnc1Cl)C(C)C. The minimum absolute atomic E-state index is 0.0840. The second-order valence-corrected chi connectivity index (χ2v) is 4.45. The lowest BCUT2D eigenvalue weighted by molar-refractivity contribution is -0.141. The molecular weight excluding hydrogens is 275 g/mol. The van der Waals surface area contributed by atoms with Gasteiger partial charge in [0.05, 0.1) is 18.9 Å². The Morgan fingerprint density at radius 3 is 2.68 bits per heavy atom. The van der Waals surface area contributed by atoms with Crippen molar-refractivity contribution in [2.45, 2.75) is 19.9 Å². The van der Waals surface area contributed by atoms with Crippen molar-refractivity contribution in [2.24, 2.45) is 0 Å². The molecule has 0 atom stereocenters. The minimum atomic E-state index is -0.672. The van der Waals surface area contributed by atoms with Crippen LogP contribution in [-0.2, 0) is 9.53 Å². The molecule has 5 nitrogen and oxygen atoms in total. The van der Waals surface area contributed by atoms with Crippen molar-refractivity contribution in [2.75, 3.05) is 13.7 Å². The van der Waals surface area contributed by atoms with E-state index in [0.717, 1.165) is 12.3 Å². The van der Waals surface area contributed by atoms with Crippen molar-refractivity contribution in [3.8, 4) is 0 Å². The first-order chi connectivity index (χ1) is 8.86. The molecule has 1 aromatic heterocycles. The van der Waals surface area contributed by atoms with Crippen LogP contribution in [0.2, 0.25) is 5.15 Å². The molecule has 1 aromatic rings. The van der Waals surface area contributed by atoms with Gasteiger partial charge >= 0.3 is 5.97 Å². The number of hydrogen-bond donors (Lipinski definition) is 0. The van der Waals surface area contributed by atoms with Gasteiger partial charge in [-0.1, -0.05) is 11.6 Å². The Labute approximate surface area is 115 Å². The first kappa shape index (κ1) is 15.4. The number of carbonyl (C=O) groups is 2. The number of amides is 1. The molecule has 0 fully saturated rings. The third-order valence-corrected chi connectivity index (χ3v) is 2.75. The van der Waals surface area contributed by atoms with Crippen LogP contribution < -0.4 is 0 Å². The molecule has 0 radical (unpaired) electrons. The number of pyridine rings is 1. The lowest BCUT2D eigenvalue weighted by atomic mass is 10.2. The molecule has 0 bridgehead atoms. The summed E-state index contributed by atoms with van der Waals surface area (Å²) < 4.78 is 17.6. The fourth-order valence-electron chi connectivity index (χ4n) is 1.42. The molecular formula is C12H14ClFN2O3. The van der Waals surface area contributed by atoms with E-state index in [4.69, 9.17) is 11.6 Å². The summed E-state index contributed by atoms with van der Waals surface area (Å²) in [5.41, 5.74) is -0.0840. The Kier molecular flexibility index (Phi) is 5.23. The van der Waals surface area contributed by atoms with E-state index in [1.807, 2.05) is 0 Å². The van der Waals surface area contributed by atoms with Crippen LogP contribution in [0.15, 0.2) is 12.3 Å². The Morgan fingerprint density at radius 2 is 2.16 bits per heavy atom. The predicted octanol–water partition coefficient (Wildman–Crippen LogP) is 1.90. The summed E-state index contributed by atoms with van der Waals surface area (Å²) in [5, 5.41) is -0.109. The maximum absolute atomic E-state index is 13.1. The predicted molar refractivity (Wildman–Crippen MR) is 67.4 cm³/mol. The first-order valence-corrected chi connectivity index (χ1v) is 5.93. The van der Waals surface area contributed by atoms with Gasteiger partial charge < -0.3 is 9.64 Å². The van der Waals surface area contributed by atoms with Crippen molar-refractivity contribution in [1.82, 2.24) is 9.88 Å². The summed E-state index contributed by atoms with van der Waals surface area (Å²) in [6.07, 6.45) is 0.916. The van der Waals surface area contributed by atoms with Crippen molar-refractivity contribution < 1.29 is 18.7 Å². The van der Waals surface area contributed by atoms with Crippen LogP contribution in [0, 0.1) is 5.82 Å². The lowest BCUT2D eigenvalue weighted by Crippen LogP contribution is -2.41. The van der Waals surface area contributed by atoms with Gasteiger partial charge in [0.1, 0.15) is 17.5 Å². The maximum Gasteiger partial charge on any atom is 0.325 e. The number of halogens is 2. The third-order valence-electron chi connectivity index (χ3n) is 2.45. The molecule has 0 unspecified atom stereocenters. The minimum Gasteiger partial charge on any atom is -0.468 e. The van der Waals surface area contributed by atoms with Gasteiger partial charge in [0.25, 0.3) is 5.91 Å². The van der Waals surface area contributed by atoms with E-state index in [1.54, 1.807) is 13.8 Å². The van der Waals surface area contributed by atoms with Gasteiger partial charge in [0, 0.05) is 6.04 Å². The molecule has 0 aliphatic rings. The van der Waals surface area contributed by atoms with Gasteiger partial charge in [-0.15, -0.1) is 0 Å². The van der Waals surface area contributed by atoms with Crippen molar-refractivity contribution in [1.29, 1.82) is 0 Å². The molecule has 0 aromatic carbocycles. The molecule has 104 valence electrons. The summed E-state index contributed by atoms with van der Waals surface area (Å²) in [6.45, 7) is 3.21. The van der Waals surface area contributed by atoms with Crippen molar-refractivity contribution >= 4 is 23.5 Å². The van der Waals surface area contributed by atoms with Crippen LogP contribution in [0.5, 0.6) is 0 Å². The Morgan fingerprint density at radius 1 is 1.53 bits per heavy atom. The third kappa shape index (κ3) is 3.89. The number of ether oxygens (including phenoxy) is 1. The van der Waals surface area contributed by atoms with Crippen LogP contribution in [-0.4, -0.2) is 41.5 Å². The van der Waals surface area contributed by atoms with Gasteiger partial charge in [-0.3, -0.25) is 9.59 Å². The molecule has 0 spiro atoms. The van der Waals surface area contributed by atoms with Gasteiger partial charge in [-0.25, -0.2) is 9.37 Å². The number of carbonyl (C=O) groups excluding carboxylic acids is 2. The largest absolute Gasteiger partial charge is 0.468 e.